The van der Waals surface area contributed by atoms with Crippen molar-refractivity contribution >= 4 is 29.2 Å². The zero-order valence-corrected chi connectivity index (χ0v) is 16.1. The quantitative estimate of drug-likeness (QED) is 0.686. The van der Waals surface area contributed by atoms with Gasteiger partial charge in [0, 0.05) is 23.4 Å². The fraction of sp³-hybridized carbons (Fsp3) is 0.333. The van der Waals surface area contributed by atoms with E-state index >= 15 is 0 Å². The van der Waals surface area contributed by atoms with E-state index in [1.54, 1.807) is 18.2 Å². The second-order valence-corrected chi connectivity index (χ2v) is 6.93. The SMILES string of the molecule is COc1ccc(NC(=O)c2ccnc(C(=O)O)c2)cc1NC(=O)C1CCCCC1. The van der Waals surface area contributed by atoms with Crippen molar-refractivity contribution in [1.82, 2.24) is 4.98 Å². The molecule has 1 aromatic heterocycles. The number of aromatic nitrogens is 1. The van der Waals surface area contributed by atoms with Crippen LogP contribution >= 0.6 is 0 Å². The number of carboxylic acids is 1. The van der Waals surface area contributed by atoms with Gasteiger partial charge in [-0.2, -0.15) is 0 Å². The van der Waals surface area contributed by atoms with Gasteiger partial charge in [0.2, 0.25) is 5.91 Å². The molecule has 0 spiro atoms. The van der Waals surface area contributed by atoms with Crippen LogP contribution in [0.5, 0.6) is 5.75 Å². The Kier molecular flexibility index (Phi) is 6.43. The fourth-order valence-corrected chi connectivity index (χ4v) is 3.37. The normalized spacial score (nSPS) is 14.1. The zero-order valence-electron chi connectivity index (χ0n) is 16.1. The van der Waals surface area contributed by atoms with E-state index in [9.17, 15) is 14.4 Å². The summed E-state index contributed by atoms with van der Waals surface area (Å²) in [6.07, 6.45) is 6.28. The molecule has 8 heteroatoms. The summed E-state index contributed by atoms with van der Waals surface area (Å²) < 4.78 is 5.32. The lowest BCUT2D eigenvalue weighted by Crippen LogP contribution is -2.25. The van der Waals surface area contributed by atoms with Crippen LogP contribution in [-0.2, 0) is 4.79 Å². The van der Waals surface area contributed by atoms with Crippen molar-refractivity contribution in [3.05, 3.63) is 47.8 Å². The number of pyridine rings is 1. The number of nitrogens with zero attached hydrogens (tertiary/aromatic N) is 1. The van der Waals surface area contributed by atoms with Crippen molar-refractivity contribution in [2.24, 2.45) is 5.92 Å². The summed E-state index contributed by atoms with van der Waals surface area (Å²) in [5.74, 6) is -1.27. The molecule has 0 bridgehead atoms. The second kappa shape index (κ2) is 9.18. The number of methoxy groups -OCH3 is 1. The van der Waals surface area contributed by atoms with Gasteiger partial charge in [0.1, 0.15) is 11.4 Å². The summed E-state index contributed by atoms with van der Waals surface area (Å²) in [6, 6.07) is 7.55. The average Bonchev–Trinajstić information content (AvgIpc) is 2.74. The minimum atomic E-state index is -1.21. The van der Waals surface area contributed by atoms with Crippen LogP contribution in [0, 0.1) is 5.92 Å². The highest BCUT2D eigenvalue weighted by atomic mass is 16.5. The van der Waals surface area contributed by atoms with Crippen LogP contribution in [-0.4, -0.2) is 35.0 Å². The molecule has 2 amide bonds. The predicted molar refractivity (Wildman–Crippen MR) is 107 cm³/mol. The predicted octanol–water partition coefficient (Wildman–Crippen LogP) is 3.56. The number of anilines is 2. The summed E-state index contributed by atoms with van der Waals surface area (Å²) in [5, 5.41) is 14.6. The third-order valence-corrected chi connectivity index (χ3v) is 4.93. The Balaban J connectivity index is 1.75. The summed E-state index contributed by atoms with van der Waals surface area (Å²) in [7, 11) is 1.51. The molecule has 0 unspecified atom stereocenters. The number of benzene rings is 1. The number of hydrogen-bond acceptors (Lipinski definition) is 5. The molecule has 1 heterocycles. The fourth-order valence-electron chi connectivity index (χ4n) is 3.37. The van der Waals surface area contributed by atoms with Gasteiger partial charge in [-0.25, -0.2) is 9.78 Å². The van der Waals surface area contributed by atoms with Gasteiger partial charge in [0.25, 0.3) is 5.91 Å². The Morgan fingerprint density at radius 3 is 2.52 bits per heavy atom. The highest BCUT2D eigenvalue weighted by Crippen LogP contribution is 2.30. The van der Waals surface area contributed by atoms with E-state index in [1.165, 1.54) is 25.4 Å². The van der Waals surface area contributed by atoms with Crippen molar-refractivity contribution in [2.75, 3.05) is 17.7 Å². The van der Waals surface area contributed by atoms with E-state index in [-0.39, 0.29) is 23.1 Å². The molecule has 1 aliphatic rings. The number of hydrogen-bond donors (Lipinski definition) is 3. The molecule has 8 nitrogen and oxygen atoms in total. The molecule has 29 heavy (non-hydrogen) atoms. The van der Waals surface area contributed by atoms with Crippen LogP contribution in [0.1, 0.15) is 53.0 Å². The molecule has 1 aliphatic carbocycles. The monoisotopic (exact) mass is 397 g/mol. The number of rotatable bonds is 6. The molecule has 0 aliphatic heterocycles. The number of aromatic carboxylic acids is 1. The molecule has 1 saturated carbocycles. The summed E-state index contributed by atoms with van der Waals surface area (Å²) in [5.41, 5.74) is 0.874. The minimum absolute atomic E-state index is 0.0158. The first-order valence-electron chi connectivity index (χ1n) is 9.47. The van der Waals surface area contributed by atoms with Gasteiger partial charge >= 0.3 is 5.97 Å². The van der Waals surface area contributed by atoms with Crippen LogP contribution in [0.25, 0.3) is 0 Å². The van der Waals surface area contributed by atoms with Crippen LogP contribution < -0.4 is 15.4 Å². The highest BCUT2D eigenvalue weighted by molar-refractivity contribution is 6.05. The molecule has 1 aromatic carbocycles. The topological polar surface area (TPSA) is 118 Å². The van der Waals surface area contributed by atoms with Gasteiger partial charge in [0.05, 0.1) is 12.8 Å². The van der Waals surface area contributed by atoms with Gasteiger partial charge in [-0.1, -0.05) is 19.3 Å². The van der Waals surface area contributed by atoms with Crippen molar-refractivity contribution in [3.8, 4) is 5.75 Å². The zero-order chi connectivity index (χ0) is 20.8. The third-order valence-electron chi connectivity index (χ3n) is 4.93. The van der Waals surface area contributed by atoms with Crippen LogP contribution in [0.3, 0.4) is 0 Å². The van der Waals surface area contributed by atoms with E-state index in [2.05, 4.69) is 15.6 Å². The number of carboxylic acid groups (broad SMARTS) is 1. The lowest BCUT2D eigenvalue weighted by atomic mass is 9.88. The van der Waals surface area contributed by atoms with Gasteiger partial charge in [-0.15, -0.1) is 0 Å². The smallest absolute Gasteiger partial charge is 0.354 e. The van der Waals surface area contributed by atoms with Crippen molar-refractivity contribution in [2.45, 2.75) is 32.1 Å². The minimum Gasteiger partial charge on any atom is -0.495 e. The first-order valence-corrected chi connectivity index (χ1v) is 9.47. The highest BCUT2D eigenvalue weighted by Gasteiger charge is 2.22. The molecule has 1 fully saturated rings. The standard InChI is InChI=1S/C21H23N3O5/c1-29-18-8-7-15(12-16(18)24-19(25)13-5-3-2-4-6-13)23-20(26)14-9-10-22-17(11-14)21(27)28/h7-13H,2-6H2,1H3,(H,23,26)(H,24,25)(H,27,28). The molecular weight excluding hydrogens is 374 g/mol. The third kappa shape index (κ3) is 5.10. The maximum absolute atomic E-state index is 12.6. The molecule has 0 atom stereocenters. The molecule has 2 aromatic rings. The lowest BCUT2D eigenvalue weighted by Gasteiger charge is -2.21. The number of nitrogens with one attached hydrogen (secondary N) is 2. The molecule has 3 rings (SSSR count). The average molecular weight is 397 g/mol. The van der Waals surface area contributed by atoms with Gasteiger partial charge in [-0.3, -0.25) is 9.59 Å². The Morgan fingerprint density at radius 1 is 1.07 bits per heavy atom. The number of carbonyl (C=O) groups excluding carboxylic acids is 2. The molecular formula is C21H23N3O5. The van der Waals surface area contributed by atoms with Crippen molar-refractivity contribution < 1.29 is 24.2 Å². The van der Waals surface area contributed by atoms with E-state index in [0.717, 1.165) is 32.1 Å². The Hall–Kier alpha value is -3.42. The van der Waals surface area contributed by atoms with E-state index < -0.39 is 11.9 Å². The molecule has 0 saturated heterocycles. The van der Waals surface area contributed by atoms with Crippen molar-refractivity contribution in [1.29, 1.82) is 0 Å². The first-order chi connectivity index (χ1) is 14.0. The second-order valence-electron chi connectivity index (χ2n) is 6.93. The van der Waals surface area contributed by atoms with Gasteiger partial charge in [-0.05, 0) is 43.2 Å². The van der Waals surface area contributed by atoms with E-state index in [4.69, 9.17) is 9.84 Å². The first kappa shape index (κ1) is 20.3. The van der Waals surface area contributed by atoms with Crippen LogP contribution in [0.2, 0.25) is 0 Å². The van der Waals surface area contributed by atoms with Gasteiger partial charge in [0.15, 0.2) is 0 Å². The van der Waals surface area contributed by atoms with Crippen LogP contribution in [0.15, 0.2) is 36.5 Å². The van der Waals surface area contributed by atoms with E-state index in [1.807, 2.05) is 0 Å². The van der Waals surface area contributed by atoms with Gasteiger partial charge < -0.3 is 20.5 Å². The maximum atomic E-state index is 12.6. The summed E-state index contributed by atoms with van der Waals surface area (Å²) >= 11 is 0. The molecule has 0 radical (unpaired) electrons. The summed E-state index contributed by atoms with van der Waals surface area (Å²) in [4.78, 5) is 39.8. The van der Waals surface area contributed by atoms with Crippen molar-refractivity contribution in [3.63, 3.8) is 0 Å². The maximum Gasteiger partial charge on any atom is 0.354 e. The number of amides is 2. The summed E-state index contributed by atoms with van der Waals surface area (Å²) in [6.45, 7) is 0. The number of carbonyl (C=O) groups is 3. The van der Waals surface area contributed by atoms with Crippen LogP contribution in [0.4, 0.5) is 11.4 Å². The Bertz CT molecular complexity index is 922. The molecule has 152 valence electrons. The van der Waals surface area contributed by atoms with E-state index in [0.29, 0.717) is 17.1 Å². The Labute approximate surface area is 168 Å². The lowest BCUT2D eigenvalue weighted by molar-refractivity contribution is -0.120. The largest absolute Gasteiger partial charge is 0.495 e. The number of ether oxygens (including phenoxy) is 1. The Morgan fingerprint density at radius 2 is 1.83 bits per heavy atom. The molecule has 3 N–H and O–H groups in total.